The van der Waals surface area contributed by atoms with Gasteiger partial charge in [-0.1, -0.05) is 35.9 Å². The monoisotopic (exact) mass is 421 g/mol. The van der Waals surface area contributed by atoms with E-state index in [-0.39, 0.29) is 18.0 Å². The van der Waals surface area contributed by atoms with Crippen LogP contribution < -0.4 is 10.9 Å². The van der Waals surface area contributed by atoms with E-state index >= 15 is 0 Å². The summed E-state index contributed by atoms with van der Waals surface area (Å²) < 4.78 is 2.87. The zero-order chi connectivity index (χ0) is 21.4. The third kappa shape index (κ3) is 3.59. The third-order valence-corrected chi connectivity index (χ3v) is 5.19. The van der Waals surface area contributed by atoms with Gasteiger partial charge in [0.05, 0.1) is 22.5 Å². The fourth-order valence-electron chi connectivity index (χ4n) is 3.47. The molecule has 0 saturated heterocycles. The molecule has 8 heteroatoms. The predicted molar refractivity (Wildman–Crippen MR) is 117 cm³/mol. The summed E-state index contributed by atoms with van der Waals surface area (Å²) in [5.74, 6) is -0.368. The smallest absolute Gasteiger partial charge is 0.295 e. The number of amides is 1. The Kier molecular flexibility index (Phi) is 5.13. The number of para-hydroxylation sites is 1. The number of carbonyl (C=O) groups is 1. The van der Waals surface area contributed by atoms with E-state index in [2.05, 4.69) is 15.5 Å². The molecule has 0 unspecified atom stereocenters. The minimum atomic E-state index is -0.411. The SMILES string of the molecule is Cc1ccc(Cl)cc1NC(=O)Cn1nc(C)c2c(C)n(-c3ccccc3)nc2c1=O. The van der Waals surface area contributed by atoms with Crippen LogP contribution in [0.1, 0.15) is 17.0 Å². The van der Waals surface area contributed by atoms with Crippen LogP contribution in [0.3, 0.4) is 0 Å². The Morgan fingerprint density at radius 1 is 1.07 bits per heavy atom. The molecule has 7 nitrogen and oxygen atoms in total. The van der Waals surface area contributed by atoms with E-state index in [0.717, 1.165) is 21.6 Å². The second-order valence-electron chi connectivity index (χ2n) is 7.11. The van der Waals surface area contributed by atoms with E-state index < -0.39 is 5.56 Å². The van der Waals surface area contributed by atoms with Crippen molar-refractivity contribution in [3.05, 3.63) is 80.9 Å². The molecular formula is C22H20ClN5O2. The summed E-state index contributed by atoms with van der Waals surface area (Å²) in [6.45, 7) is 5.35. The Morgan fingerprint density at radius 2 is 1.80 bits per heavy atom. The molecule has 0 spiro atoms. The summed E-state index contributed by atoms with van der Waals surface area (Å²) in [4.78, 5) is 25.6. The highest BCUT2D eigenvalue weighted by Crippen LogP contribution is 2.22. The van der Waals surface area contributed by atoms with Crippen LogP contribution >= 0.6 is 11.6 Å². The first-order valence-corrected chi connectivity index (χ1v) is 9.81. The molecule has 2 aromatic carbocycles. The average molecular weight is 422 g/mol. The van der Waals surface area contributed by atoms with Gasteiger partial charge in [0, 0.05) is 10.7 Å². The van der Waals surface area contributed by atoms with Crippen molar-refractivity contribution in [2.24, 2.45) is 0 Å². The van der Waals surface area contributed by atoms with Gasteiger partial charge < -0.3 is 5.32 Å². The number of halogens is 1. The number of carbonyl (C=O) groups excluding carboxylic acids is 1. The molecule has 0 radical (unpaired) electrons. The fraction of sp³-hybridized carbons (Fsp3) is 0.182. The number of hydrogen-bond donors (Lipinski definition) is 1. The van der Waals surface area contributed by atoms with Gasteiger partial charge >= 0.3 is 0 Å². The van der Waals surface area contributed by atoms with Crippen LogP contribution in [0.5, 0.6) is 0 Å². The Balaban J connectivity index is 1.70. The van der Waals surface area contributed by atoms with Gasteiger partial charge in [0.15, 0.2) is 5.52 Å². The van der Waals surface area contributed by atoms with Crippen molar-refractivity contribution < 1.29 is 4.79 Å². The molecule has 0 bridgehead atoms. The van der Waals surface area contributed by atoms with Crippen LogP contribution in [0.15, 0.2) is 53.3 Å². The zero-order valence-corrected chi connectivity index (χ0v) is 17.6. The highest BCUT2D eigenvalue weighted by molar-refractivity contribution is 6.31. The average Bonchev–Trinajstić information content (AvgIpc) is 3.07. The lowest BCUT2D eigenvalue weighted by Gasteiger charge is -2.10. The first-order valence-electron chi connectivity index (χ1n) is 9.43. The molecule has 4 aromatic rings. The molecule has 1 amide bonds. The Labute approximate surface area is 177 Å². The standard InChI is InChI=1S/C22H20ClN5O2/c1-13-9-10-16(23)11-18(13)24-19(29)12-27-22(30)21-20(14(2)25-27)15(3)28(26-21)17-7-5-4-6-8-17/h4-11H,12H2,1-3H3,(H,24,29). The number of anilines is 1. The van der Waals surface area contributed by atoms with Gasteiger partial charge in [-0.2, -0.15) is 10.2 Å². The normalized spacial score (nSPS) is 11.1. The summed E-state index contributed by atoms with van der Waals surface area (Å²) >= 11 is 6.01. The number of nitrogens with one attached hydrogen (secondary N) is 1. The summed E-state index contributed by atoms with van der Waals surface area (Å²) in [7, 11) is 0. The number of benzene rings is 2. The molecule has 2 aromatic heterocycles. The Morgan fingerprint density at radius 3 is 2.53 bits per heavy atom. The largest absolute Gasteiger partial charge is 0.324 e. The summed E-state index contributed by atoms with van der Waals surface area (Å²) in [5, 5.41) is 12.9. The Hall–Kier alpha value is -3.45. The molecule has 0 aliphatic heterocycles. The molecule has 0 atom stereocenters. The van der Waals surface area contributed by atoms with Crippen molar-refractivity contribution in [1.82, 2.24) is 19.6 Å². The van der Waals surface area contributed by atoms with Crippen molar-refractivity contribution in [2.75, 3.05) is 5.32 Å². The van der Waals surface area contributed by atoms with Crippen molar-refractivity contribution in [1.29, 1.82) is 0 Å². The summed E-state index contributed by atoms with van der Waals surface area (Å²) in [6, 6.07) is 14.8. The minimum Gasteiger partial charge on any atom is -0.324 e. The van der Waals surface area contributed by atoms with Crippen molar-refractivity contribution in [3.63, 3.8) is 0 Å². The van der Waals surface area contributed by atoms with Gasteiger partial charge in [0.1, 0.15) is 6.54 Å². The molecule has 0 aliphatic rings. The van der Waals surface area contributed by atoms with Crippen LogP contribution in [0.2, 0.25) is 5.02 Å². The second kappa shape index (κ2) is 7.76. The van der Waals surface area contributed by atoms with Gasteiger partial charge in [-0.05, 0) is 50.6 Å². The number of nitrogens with zero attached hydrogens (tertiary/aromatic N) is 4. The fourth-order valence-corrected chi connectivity index (χ4v) is 3.64. The number of aryl methyl sites for hydroxylation is 3. The van der Waals surface area contributed by atoms with Gasteiger partial charge in [0.25, 0.3) is 5.56 Å². The maximum absolute atomic E-state index is 13.0. The van der Waals surface area contributed by atoms with Gasteiger partial charge in [-0.25, -0.2) is 9.36 Å². The first-order chi connectivity index (χ1) is 14.3. The van der Waals surface area contributed by atoms with Crippen LogP contribution in [-0.2, 0) is 11.3 Å². The van der Waals surface area contributed by atoms with Gasteiger partial charge in [0.2, 0.25) is 5.91 Å². The van der Waals surface area contributed by atoms with Crippen LogP contribution in [0.4, 0.5) is 5.69 Å². The van der Waals surface area contributed by atoms with Crippen LogP contribution in [0.25, 0.3) is 16.6 Å². The number of rotatable bonds is 4. The molecule has 0 aliphatic carbocycles. The van der Waals surface area contributed by atoms with E-state index in [1.54, 1.807) is 23.7 Å². The lowest BCUT2D eigenvalue weighted by molar-refractivity contribution is -0.117. The first kappa shape index (κ1) is 19.8. The zero-order valence-electron chi connectivity index (χ0n) is 16.8. The van der Waals surface area contributed by atoms with E-state index in [1.165, 1.54) is 0 Å². The molecule has 0 fully saturated rings. The lowest BCUT2D eigenvalue weighted by Crippen LogP contribution is -2.30. The lowest BCUT2D eigenvalue weighted by atomic mass is 10.2. The molecule has 152 valence electrons. The maximum Gasteiger partial charge on any atom is 0.295 e. The van der Waals surface area contributed by atoms with Crippen molar-refractivity contribution in [2.45, 2.75) is 27.3 Å². The van der Waals surface area contributed by atoms with E-state index in [4.69, 9.17) is 11.6 Å². The highest BCUT2D eigenvalue weighted by atomic mass is 35.5. The third-order valence-electron chi connectivity index (χ3n) is 4.95. The van der Waals surface area contributed by atoms with E-state index in [9.17, 15) is 9.59 Å². The van der Waals surface area contributed by atoms with Crippen LogP contribution in [-0.4, -0.2) is 25.5 Å². The Bertz CT molecular complexity index is 1330. The molecule has 1 N–H and O–H groups in total. The quantitative estimate of drug-likeness (QED) is 0.543. The number of aromatic nitrogens is 4. The molecule has 4 rings (SSSR count). The number of hydrogen-bond acceptors (Lipinski definition) is 4. The second-order valence-corrected chi connectivity index (χ2v) is 7.55. The van der Waals surface area contributed by atoms with Crippen molar-refractivity contribution >= 4 is 34.1 Å². The van der Waals surface area contributed by atoms with Gasteiger partial charge in [-0.15, -0.1) is 0 Å². The topological polar surface area (TPSA) is 81.8 Å². The molecular weight excluding hydrogens is 402 g/mol. The van der Waals surface area contributed by atoms with Crippen molar-refractivity contribution in [3.8, 4) is 5.69 Å². The van der Waals surface area contributed by atoms with E-state index in [1.807, 2.05) is 50.2 Å². The number of fused-ring (bicyclic) bond motifs is 1. The molecule has 0 saturated carbocycles. The predicted octanol–water partition coefficient (Wildman–Crippen LogP) is 3.80. The molecule has 30 heavy (non-hydrogen) atoms. The van der Waals surface area contributed by atoms with Crippen LogP contribution in [0, 0.1) is 20.8 Å². The summed E-state index contributed by atoms with van der Waals surface area (Å²) in [5.41, 5.74) is 3.66. The highest BCUT2D eigenvalue weighted by Gasteiger charge is 2.18. The minimum absolute atomic E-state index is 0.223. The van der Waals surface area contributed by atoms with Gasteiger partial charge in [-0.3, -0.25) is 9.59 Å². The van der Waals surface area contributed by atoms with E-state index in [0.29, 0.717) is 21.8 Å². The summed E-state index contributed by atoms with van der Waals surface area (Å²) in [6.07, 6.45) is 0. The maximum atomic E-state index is 13.0. The molecule has 2 heterocycles.